The van der Waals surface area contributed by atoms with Crippen LogP contribution in [-0.2, 0) is 23.9 Å². The summed E-state index contributed by atoms with van der Waals surface area (Å²) in [5.41, 5.74) is 0. The van der Waals surface area contributed by atoms with Crippen molar-refractivity contribution in [3.63, 3.8) is 0 Å². The molecule has 0 spiro atoms. The molecule has 96 valence electrons. The van der Waals surface area contributed by atoms with E-state index in [2.05, 4.69) is 5.32 Å². The van der Waals surface area contributed by atoms with Gasteiger partial charge in [0.05, 0.1) is 12.6 Å². The second kappa shape index (κ2) is 8.32. The molecule has 0 unspecified atom stereocenters. The predicted octanol–water partition coefficient (Wildman–Crippen LogP) is 0.173. The predicted molar refractivity (Wildman–Crippen MR) is 60.0 cm³/mol. The second-order valence-corrected chi connectivity index (χ2v) is 3.47. The van der Waals surface area contributed by atoms with Gasteiger partial charge in [0.1, 0.15) is 6.61 Å². The van der Waals surface area contributed by atoms with E-state index >= 15 is 0 Å². The average molecular weight is 243 g/mol. The fourth-order valence-corrected chi connectivity index (χ4v) is 0.834. The lowest BCUT2D eigenvalue weighted by atomic mass is 10.4. The number of rotatable bonds is 6. The minimum absolute atomic E-state index is 0.0575. The Kier molecular flexibility index (Phi) is 7.41. The second-order valence-electron chi connectivity index (χ2n) is 3.47. The molecule has 0 aromatic rings. The zero-order valence-electron chi connectivity index (χ0n) is 10.2. The highest BCUT2D eigenvalue weighted by Gasteiger charge is 2.02. The molecule has 0 heterocycles. The first-order valence-electron chi connectivity index (χ1n) is 5.21. The van der Waals surface area contributed by atoms with Gasteiger partial charge in [-0.3, -0.25) is 4.79 Å². The number of nitrogens with one attached hydrogen (secondary N) is 1. The summed E-state index contributed by atoms with van der Waals surface area (Å²) >= 11 is 0. The van der Waals surface area contributed by atoms with Crippen molar-refractivity contribution >= 4 is 17.8 Å². The summed E-state index contributed by atoms with van der Waals surface area (Å²) in [4.78, 5) is 32.5. The van der Waals surface area contributed by atoms with Gasteiger partial charge in [-0.15, -0.1) is 0 Å². The minimum atomic E-state index is -0.656. The smallest absolute Gasteiger partial charge is 0.331 e. The van der Waals surface area contributed by atoms with E-state index in [9.17, 15) is 14.4 Å². The van der Waals surface area contributed by atoms with Crippen molar-refractivity contribution in [3.05, 3.63) is 12.2 Å². The van der Waals surface area contributed by atoms with E-state index in [1.807, 2.05) is 0 Å². The van der Waals surface area contributed by atoms with Crippen LogP contribution in [0.5, 0.6) is 0 Å². The summed E-state index contributed by atoms with van der Waals surface area (Å²) in [5, 5.41) is 2.46. The molecule has 0 radical (unpaired) electrons. The van der Waals surface area contributed by atoms with Gasteiger partial charge in [-0.05, 0) is 13.8 Å². The molecule has 0 rings (SSSR count). The Labute approximate surface area is 100.0 Å². The average Bonchev–Trinajstić information content (AvgIpc) is 2.20. The first kappa shape index (κ1) is 15.2. The monoisotopic (exact) mass is 243 g/mol. The topological polar surface area (TPSA) is 81.7 Å². The fraction of sp³-hybridized carbons (Fsp3) is 0.545. The number of carbonyl (C=O) groups is 3. The molecular formula is C11H17NO5. The van der Waals surface area contributed by atoms with Crippen molar-refractivity contribution in [1.29, 1.82) is 0 Å². The lowest BCUT2D eigenvalue weighted by molar-refractivity contribution is -0.142. The summed E-state index contributed by atoms with van der Waals surface area (Å²) < 4.78 is 9.47. The maximum Gasteiger partial charge on any atom is 0.331 e. The van der Waals surface area contributed by atoms with Crippen LogP contribution < -0.4 is 5.32 Å². The third-order valence-electron chi connectivity index (χ3n) is 1.43. The van der Waals surface area contributed by atoms with Crippen molar-refractivity contribution in [3.8, 4) is 0 Å². The van der Waals surface area contributed by atoms with Crippen molar-refractivity contribution < 1.29 is 23.9 Å². The minimum Gasteiger partial charge on any atom is -0.461 e. The SMILES string of the molecule is CC(=O)NCCOC(=O)/C=C/C(=O)OC(C)C. The molecule has 1 N–H and O–H groups in total. The summed E-state index contributed by atoms with van der Waals surface area (Å²) in [6, 6.07) is 0. The molecule has 1 amide bonds. The third-order valence-corrected chi connectivity index (χ3v) is 1.43. The first-order valence-corrected chi connectivity index (χ1v) is 5.21. The van der Waals surface area contributed by atoms with Gasteiger partial charge in [0.25, 0.3) is 0 Å². The summed E-state index contributed by atoms with van der Waals surface area (Å²) in [6.07, 6.45) is 1.75. The van der Waals surface area contributed by atoms with Crippen LogP contribution in [-0.4, -0.2) is 37.1 Å². The molecule has 0 aliphatic carbocycles. The molecule has 0 aromatic carbocycles. The summed E-state index contributed by atoms with van der Waals surface area (Å²) in [6.45, 7) is 5.08. The Balaban J connectivity index is 3.74. The Morgan fingerprint density at radius 1 is 1.18 bits per heavy atom. The normalized spacial score (nSPS) is 10.4. The first-order chi connectivity index (χ1) is 7.91. The maximum absolute atomic E-state index is 11.0. The standard InChI is InChI=1S/C11H17NO5/c1-8(2)17-11(15)5-4-10(14)16-7-6-12-9(3)13/h4-5,8H,6-7H2,1-3H3,(H,12,13)/b5-4+. The highest BCUT2D eigenvalue weighted by atomic mass is 16.5. The number of hydrogen-bond acceptors (Lipinski definition) is 5. The molecule has 0 atom stereocenters. The Morgan fingerprint density at radius 2 is 1.76 bits per heavy atom. The number of carbonyl (C=O) groups excluding carboxylic acids is 3. The molecule has 0 bridgehead atoms. The zero-order valence-corrected chi connectivity index (χ0v) is 10.2. The lowest BCUT2D eigenvalue weighted by Gasteiger charge is -2.04. The molecule has 0 saturated carbocycles. The zero-order chi connectivity index (χ0) is 13.3. The van der Waals surface area contributed by atoms with Crippen molar-refractivity contribution in [1.82, 2.24) is 5.32 Å². The molecular weight excluding hydrogens is 226 g/mol. The van der Waals surface area contributed by atoms with Crippen LogP contribution in [0.4, 0.5) is 0 Å². The highest BCUT2D eigenvalue weighted by Crippen LogP contribution is 1.91. The number of ether oxygens (including phenoxy) is 2. The lowest BCUT2D eigenvalue weighted by Crippen LogP contribution is -2.25. The van der Waals surface area contributed by atoms with Gasteiger partial charge in [0, 0.05) is 19.1 Å². The van der Waals surface area contributed by atoms with Crippen molar-refractivity contribution in [2.75, 3.05) is 13.2 Å². The third kappa shape index (κ3) is 10.4. The Morgan fingerprint density at radius 3 is 2.29 bits per heavy atom. The molecule has 6 nitrogen and oxygen atoms in total. The maximum atomic E-state index is 11.0. The number of hydrogen-bond donors (Lipinski definition) is 1. The van der Waals surface area contributed by atoms with Crippen LogP contribution >= 0.6 is 0 Å². The molecule has 0 fully saturated rings. The van der Waals surface area contributed by atoms with Gasteiger partial charge in [0.15, 0.2) is 0 Å². The van der Waals surface area contributed by atoms with E-state index in [0.29, 0.717) is 0 Å². The quantitative estimate of drug-likeness (QED) is 0.408. The van der Waals surface area contributed by atoms with Crippen LogP contribution in [0.25, 0.3) is 0 Å². The molecule has 17 heavy (non-hydrogen) atoms. The molecule has 0 aliphatic heterocycles. The van der Waals surface area contributed by atoms with E-state index in [1.54, 1.807) is 13.8 Å². The van der Waals surface area contributed by atoms with Crippen LogP contribution in [0.15, 0.2) is 12.2 Å². The van der Waals surface area contributed by atoms with Gasteiger partial charge in [0.2, 0.25) is 5.91 Å². The van der Waals surface area contributed by atoms with Crippen molar-refractivity contribution in [2.24, 2.45) is 0 Å². The van der Waals surface area contributed by atoms with Gasteiger partial charge < -0.3 is 14.8 Å². The van der Waals surface area contributed by atoms with Crippen LogP contribution in [0.3, 0.4) is 0 Å². The van der Waals surface area contributed by atoms with E-state index < -0.39 is 11.9 Å². The molecule has 0 aromatic heterocycles. The van der Waals surface area contributed by atoms with E-state index in [0.717, 1.165) is 12.2 Å². The highest BCUT2D eigenvalue weighted by molar-refractivity contribution is 5.91. The van der Waals surface area contributed by atoms with E-state index in [4.69, 9.17) is 9.47 Å². The van der Waals surface area contributed by atoms with E-state index in [1.165, 1.54) is 6.92 Å². The van der Waals surface area contributed by atoms with Crippen LogP contribution in [0.1, 0.15) is 20.8 Å². The van der Waals surface area contributed by atoms with Gasteiger partial charge in [-0.25, -0.2) is 9.59 Å². The largest absolute Gasteiger partial charge is 0.461 e. The Bertz CT molecular complexity index is 309. The number of amides is 1. The number of esters is 2. The molecule has 0 saturated heterocycles. The van der Waals surface area contributed by atoms with Gasteiger partial charge >= 0.3 is 11.9 Å². The van der Waals surface area contributed by atoms with Crippen LogP contribution in [0.2, 0.25) is 0 Å². The summed E-state index contributed by atoms with van der Waals surface area (Å²) in [5.74, 6) is -1.45. The molecule has 0 aliphatic rings. The van der Waals surface area contributed by atoms with Gasteiger partial charge in [-0.2, -0.15) is 0 Å². The van der Waals surface area contributed by atoms with Crippen molar-refractivity contribution in [2.45, 2.75) is 26.9 Å². The summed E-state index contributed by atoms with van der Waals surface area (Å²) in [7, 11) is 0. The van der Waals surface area contributed by atoms with Gasteiger partial charge in [-0.1, -0.05) is 0 Å². The fourth-order valence-electron chi connectivity index (χ4n) is 0.834. The Hall–Kier alpha value is -1.85. The molecule has 6 heteroatoms. The van der Waals surface area contributed by atoms with Crippen LogP contribution in [0, 0.1) is 0 Å². The van der Waals surface area contributed by atoms with E-state index in [-0.39, 0.29) is 25.2 Å².